The summed E-state index contributed by atoms with van der Waals surface area (Å²) in [5, 5.41) is 0. The fourth-order valence-corrected chi connectivity index (χ4v) is 2.43. The Morgan fingerprint density at radius 1 is 0.519 bits per heavy atom. The average Bonchev–Trinajstić information content (AvgIpc) is 3.50. The fraction of sp³-hybridized carbons (Fsp3) is 1.00. The van der Waals surface area contributed by atoms with Gasteiger partial charge in [0, 0.05) is 0 Å². The highest BCUT2D eigenvalue weighted by Gasteiger charge is 2.28. The van der Waals surface area contributed by atoms with Crippen LogP contribution in [0.15, 0.2) is 0 Å². The van der Waals surface area contributed by atoms with E-state index in [1.165, 1.54) is 0 Å². The van der Waals surface area contributed by atoms with E-state index in [1.807, 2.05) is 0 Å². The zero-order valence-electron chi connectivity index (χ0n) is 15.6. The summed E-state index contributed by atoms with van der Waals surface area (Å²) in [5.74, 6) is 0. The molecule has 9 heteroatoms. The summed E-state index contributed by atoms with van der Waals surface area (Å²) >= 11 is 0. The molecule has 0 N–H and O–H groups in total. The highest BCUT2D eigenvalue weighted by molar-refractivity contribution is 4.72. The highest BCUT2D eigenvalue weighted by Crippen LogP contribution is 2.14. The lowest BCUT2D eigenvalue weighted by atomic mass is 10.3. The van der Waals surface area contributed by atoms with Gasteiger partial charge in [-0.1, -0.05) is 0 Å². The van der Waals surface area contributed by atoms with Crippen molar-refractivity contribution in [2.24, 2.45) is 0 Å². The van der Waals surface area contributed by atoms with Crippen LogP contribution in [-0.2, 0) is 42.6 Å². The molecule has 4 aliphatic rings. The third-order valence-electron chi connectivity index (χ3n) is 4.47. The minimum absolute atomic E-state index is 0.138. The molecule has 27 heavy (non-hydrogen) atoms. The lowest BCUT2D eigenvalue weighted by molar-refractivity contribution is -0.0985. The van der Waals surface area contributed by atoms with Crippen molar-refractivity contribution in [1.82, 2.24) is 0 Å². The first-order valence-corrected chi connectivity index (χ1v) is 9.78. The minimum Gasteiger partial charge on any atom is -0.376 e. The van der Waals surface area contributed by atoms with Gasteiger partial charge in [-0.15, -0.1) is 0 Å². The van der Waals surface area contributed by atoms with Crippen molar-refractivity contribution in [3.63, 3.8) is 0 Å². The Kier molecular flexibility index (Phi) is 7.70. The van der Waals surface area contributed by atoms with Crippen LogP contribution in [0.1, 0.15) is 0 Å². The van der Waals surface area contributed by atoms with Gasteiger partial charge in [-0.3, -0.25) is 0 Å². The Morgan fingerprint density at radius 2 is 0.852 bits per heavy atom. The maximum atomic E-state index is 5.86. The summed E-state index contributed by atoms with van der Waals surface area (Å²) in [6.45, 7) is 7.27. The molecule has 4 rings (SSSR count). The smallest absolute Gasteiger partial charge is 0.104 e. The minimum atomic E-state index is -0.138. The topological polar surface area (TPSA) is 96.3 Å². The van der Waals surface area contributed by atoms with Gasteiger partial charge in [0.1, 0.15) is 36.6 Å². The van der Waals surface area contributed by atoms with E-state index in [-0.39, 0.29) is 36.6 Å². The Labute approximate surface area is 159 Å². The van der Waals surface area contributed by atoms with Crippen molar-refractivity contribution in [2.75, 3.05) is 79.3 Å². The molecule has 4 aliphatic heterocycles. The zero-order chi connectivity index (χ0) is 18.3. The summed E-state index contributed by atoms with van der Waals surface area (Å²) in [6.07, 6.45) is 0.642. The predicted molar refractivity (Wildman–Crippen MR) is 90.9 cm³/mol. The van der Waals surface area contributed by atoms with Gasteiger partial charge in [-0.05, 0) is 0 Å². The van der Waals surface area contributed by atoms with Gasteiger partial charge in [-0.25, -0.2) is 0 Å². The van der Waals surface area contributed by atoms with E-state index in [1.54, 1.807) is 0 Å². The molecule has 0 saturated carbocycles. The van der Waals surface area contributed by atoms with Crippen molar-refractivity contribution in [3.05, 3.63) is 0 Å². The Morgan fingerprint density at radius 3 is 1.22 bits per heavy atom. The summed E-state index contributed by atoms with van der Waals surface area (Å²) in [4.78, 5) is 0. The van der Waals surface area contributed by atoms with Gasteiger partial charge in [0.05, 0.1) is 79.3 Å². The molecule has 6 atom stereocenters. The lowest BCUT2D eigenvalue weighted by Crippen LogP contribution is -2.32. The molecule has 4 heterocycles. The van der Waals surface area contributed by atoms with Gasteiger partial charge in [0.25, 0.3) is 0 Å². The maximum absolute atomic E-state index is 5.86. The first-order chi connectivity index (χ1) is 13.3. The van der Waals surface area contributed by atoms with Crippen LogP contribution in [0, 0.1) is 0 Å². The summed E-state index contributed by atoms with van der Waals surface area (Å²) in [6, 6.07) is 0. The fourth-order valence-electron chi connectivity index (χ4n) is 2.43. The second-order valence-corrected chi connectivity index (χ2v) is 7.34. The second-order valence-electron chi connectivity index (χ2n) is 7.34. The van der Waals surface area contributed by atoms with Crippen LogP contribution >= 0.6 is 0 Å². The lowest BCUT2D eigenvalue weighted by Gasteiger charge is -2.21. The second kappa shape index (κ2) is 10.4. The van der Waals surface area contributed by atoms with E-state index in [0.29, 0.717) is 52.9 Å². The molecule has 0 aromatic rings. The van der Waals surface area contributed by atoms with Crippen LogP contribution in [0.2, 0.25) is 0 Å². The number of hydrogen-bond acceptors (Lipinski definition) is 9. The van der Waals surface area contributed by atoms with E-state index < -0.39 is 0 Å². The molecule has 0 radical (unpaired) electrons. The molecule has 0 aromatic carbocycles. The van der Waals surface area contributed by atoms with Crippen molar-refractivity contribution in [1.29, 1.82) is 0 Å². The van der Waals surface area contributed by atoms with Crippen LogP contribution in [0.5, 0.6) is 0 Å². The molecule has 6 unspecified atom stereocenters. The van der Waals surface area contributed by atoms with Crippen LogP contribution in [0.25, 0.3) is 0 Å². The quantitative estimate of drug-likeness (QED) is 0.284. The first kappa shape index (κ1) is 19.9. The van der Waals surface area contributed by atoms with Gasteiger partial charge >= 0.3 is 0 Å². The van der Waals surface area contributed by atoms with E-state index in [2.05, 4.69) is 0 Å². The largest absolute Gasteiger partial charge is 0.376 e. The van der Waals surface area contributed by atoms with Crippen LogP contribution in [0.4, 0.5) is 0 Å². The number of rotatable bonds is 18. The third-order valence-corrected chi connectivity index (χ3v) is 4.47. The summed E-state index contributed by atoms with van der Waals surface area (Å²) in [5.41, 5.74) is 0. The molecule has 9 nitrogen and oxygen atoms in total. The Hall–Kier alpha value is -0.360. The molecule has 156 valence electrons. The molecule has 4 saturated heterocycles. The van der Waals surface area contributed by atoms with E-state index in [4.69, 9.17) is 42.6 Å². The van der Waals surface area contributed by atoms with Crippen molar-refractivity contribution < 1.29 is 42.6 Å². The van der Waals surface area contributed by atoms with Crippen LogP contribution < -0.4 is 0 Å². The SMILES string of the molecule is C(OCC(COCC1CO1)OCC1CO1)C(COCC1CO1)OCC1CO1. The monoisotopic (exact) mass is 390 g/mol. The van der Waals surface area contributed by atoms with Gasteiger partial charge in [0.15, 0.2) is 0 Å². The number of hydrogen-bond donors (Lipinski definition) is 0. The van der Waals surface area contributed by atoms with Crippen molar-refractivity contribution in [3.8, 4) is 0 Å². The average molecular weight is 390 g/mol. The maximum Gasteiger partial charge on any atom is 0.104 e. The zero-order valence-corrected chi connectivity index (χ0v) is 15.6. The van der Waals surface area contributed by atoms with Gasteiger partial charge in [-0.2, -0.15) is 0 Å². The predicted octanol–water partition coefficient (Wildman–Crippen LogP) is -0.598. The highest BCUT2D eigenvalue weighted by atomic mass is 16.6. The van der Waals surface area contributed by atoms with Gasteiger partial charge < -0.3 is 42.6 Å². The Bertz CT molecular complexity index is 383. The normalized spacial score (nSPS) is 32.9. The van der Waals surface area contributed by atoms with E-state index in [9.17, 15) is 0 Å². The molecule has 0 spiro atoms. The van der Waals surface area contributed by atoms with E-state index in [0.717, 1.165) is 26.4 Å². The third kappa shape index (κ3) is 9.12. The summed E-state index contributed by atoms with van der Waals surface area (Å²) in [7, 11) is 0. The number of ether oxygens (including phenoxy) is 9. The molecular weight excluding hydrogens is 360 g/mol. The van der Waals surface area contributed by atoms with Crippen molar-refractivity contribution >= 4 is 0 Å². The van der Waals surface area contributed by atoms with E-state index >= 15 is 0 Å². The number of epoxide rings is 4. The standard InChI is InChI=1S/C18H30O9/c1(13(22-9-17-11-26-17)3-20-5-15-7-24-15)19-2-14(23-10-18-12-27-18)4-21-6-16-8-25-16/h13-18H,1-12H2. The van der Waals surface area contributed by atoms with Crippen molar-refractivity contribution in [2.45, 2.75) is 36.6 Å². The molecule has 0 aromatic heterocycles. The first-order valence-electron chi connectivity index (χ1n) is 9.78. The molecule has 0 amide bonds. The van der Waals surface area contributed by atoms with Gasteiger partial charge in [0.2, 0.25) is 0 Å². The Balaban J connectivity index is 1.12. The van der Waals surface area contributed by atoms with Crippen LogP contribution in [0.3, 0.4) is 0 Å². The summed E-state index contributed by atoms with van der Waals surface area (Å²) < 4.78 is 49.6. The molecule has 0 bridgehead atoms. The molecule has 4 fully saturated rings. The molecule has 0 aliphatic carbocycles. The van der Waals surface area contributed by atoms with Crippen LogP contribution in [-0.4, -0.2) is 116 Å². The molecular formula is C18H30O9.